The smallest absolute Gasteiger partial charge is 0.322 e. The lowest BCUT2D eigenvalue weighted by Gasteiger charge is -2.17. The highest BCUT2D eigenvalue weighted by molar-refractivity contribution is 6.28. The normalized spacial score (nSPS) is 18.0. The third kappa shape index (κ3) is 3.24. The van der Waals surface area contributed by atoms with Gasteiger partial charge in [-0.15, -0.1) is 0 Å². The van der Waals surface area contributed by atoms with E-state index in [1.165, 1.54) is 5.56 Å². The van der Waals surface area contributed by atoms with Gasteiger partial charge >= 0.3 is 6.01 Å². The van der Waals surface area contributed by atoms with Crippen LogP contribution in [0.3, 0.4) is 0 Å². The summed E-state index contributed by atoms with van der Waals surface area (Å²) in [7, 11) is 0. The first-order chi connectivity index (χ1) is 10.3. The molecular formula is C15H17ClN4O. The van der Waals surface area contributed by atoms with E-state index in [1.54, 1.807) is 0 Å². The van der Waals surface area contributed by atoms with Crippen molar-refractivity contribution in [2.24, 2.45) is 0 Å². The van der Waals surface area contributed by atoms with Gasteiger partial charge in [-0.2, -0.15) is 15.0 Å². The van der Waals surface area contributed by atoms with Crippen molar-refractivity contribution in [3.63, 3.8) is 0 Å². The molecule has 1 fully saturated rings. The highest BCUT2D eigenvalue weighted by Crippen LogP contribution is 2.29. The molecule has 1 aromatic heterocycles. The third-order valence-corrected chi connectivity index (χ3v) is 3.76. The Balaban J connectivity index is 1.77. The zero-order valence-electron chi connectivity index (χ0n) is 11.9. The molecule has 6 heteroatoms. The van der Waals surface area contributed by atoms with Crippen LogP contribution in [-0.4, -0.2) is 34.6 Å². The Bertz CT molecular complexity index is 608. The fourth-order valence-corrected chi connectivity index (χ4v) is 2.74. The lowest BCUT2D eigenvalue weighted by molar-refractivity contribution is 0.311. The Hall–Kier alpha value is -1.88. The molecule has 2 aromatic rings. The maximum Gasteiger partial charge on any atom is 0.322 e. The summed E-state index contributed by atoms with van der Waals surface area (Å²) in [6.45, 7) is 4.19. The van der Waals surface area contributed by atoms with Crippen molar-refractivity contribution in [1.29, 1.82) is 0 Å². The molecule has 1 atom stereocenters. The van der Waals surface area contributed by atoms with Crippen molar-refractivity contribution in [3.8, 4) is 6.01 Å². The molecule has 1 aliphatic heterocycles. The largest absolute Gasteiger partial charge is 0.464 e. The Morgan fingerprint density at radius 1 is 1.24 bits per heavy atom. The number of hydrogen-bond acceptors (Lipinski definition) is 5. The Morgan fingerprint density at radius 3 is 2.81 bits per heavy atom. The van der Waals surface area contributed by atoms with E-state index in [4.69, 9.17) is 16.3 Å². The Labute approximate surface area is 129 Å². The van der Waals surface area contributed by atoms with Gasteiger partial charge in [-0.05, 0) is 30.5 Å². The van der Waals surface area contributed by atoms with Crippen LogP contribution < -0.4 is 9.64 Å². The summed E-state index contributed by atoms with van der Waals surface area (Å²) >= 11 is 5.95. The number of halogens is 1. The zero-order valence-corrected chi connectivity index (χ0v) is 12.6. The second-order valence-electron chi connectivity index (χ2n) is 4.96. The van der Waals surface area contributed by atoms with Gasteiger partial charge < -0.3 is 9.64 Å². The third-order valence-electron chi connectivity index (χ3n) is 3.59. The molecule has 0 saturated carbocycles. The number of nitrogens with zero attached hydrogens (tertiary/aromatic N) is 4. The molecule has 1 aromatic carbocycles. The number of ether oxygens (including phenoxy) is 1. The molecule has 21 heavy (non-hydrogen) atoms. The molecule has 2 heterocycles. The van der Waals surface area contributed by atoms with Crippen LogP contribution >= 0.6 is 11.6 Å². The number of aromatic nitrogens is 3. The minimum absolute atomic E-state index is 0.173. The van der Waals surface area contributed by atoms with E-state index in [2.05, 4.69) is 44.1 Å². The van der Waals surface area contributed by atoms with E-state index in [0.29, 0.717) is 18.5 Å². The van der Waals surface area contributed by atoms with E-state index in [1.807, 2.05) is 13.0 Å². The summed E-state index contributed by atoms with van der Waals surface area (Å²) in [6, 6.07) is 10.8. The van der Waals surface area contributed by atoms with Crippen LogP contribution in [0.25, 0.3) is 0 Å². The summed E-state index contributed by atoms with van der Waals surface area (Å²) < 4.78 is 5.33. The molecule has 0 radical (unpaired) electrons. The SMILES string of the molecule is CCOc1nc(Cl)nc(N2CCC(c3ccccc3)C2)n1. The van der Waals surface area contributed by atoms with Gasteiger partial charge in [0.2, 0.25) is 11.2 Å². The van der Waals surface area contributed by atoms with Gasteiger partial charge in [-0.25, -0.2) is 0 Å². The molecule has 1 aliphatic rings. The summed E-state index contributed by atoms with van der Waals surface area (Å²) in [5.74, 6) is 1.09. The van der Waals surface area contributed by atoms with Crippen molar-refractivity contribution >= 4 is 17.5 Å². The average molecular weight is 305 g/mol. The molecule has 0 spiro atoms. The van der Waals surface area contributed by atoms with Crippen molar-refractivity contribution < 1.29 is 4.74 Å². The minimum Gasteiger partial charge on any atom is -0.464 e. The molecule has 1 unspecified atom stereocenters. The first-order valence-electron chi connectivity index (χ1n) is 7.10. The van der Waals surface area contributed by atoms with Crippen LogP contribution in [0.4, 0.5) is 5.95 Å². The van der Waals surface area contributed by atoms with Crippen LogP contribution in [0.5, 0.6) is 6.01 Å². The Morgan fingerprint density at radius 2 is 2.05 bits per heavy atom. The first-order valence-corrected chi connectivity index (χ1v) is 7.48. The molecule has 5 nitrogen and oxygen atoms in total. The van der Waals surface area contributed by atoms with Crippen molar-refractivity contribution in [2.45, 2.75) is 19.3 Å². The fraction of sp³-hybridized carbons (Fsp3) is 0.400. The van der Waals surface area contributed by atoms with E-state index in [-0.39, 0.29) is 11.3 Å². The molecule has 0 aliphatic carbocycles. The molecule has 0 amide bonds. The topological polar surface area (TPSA) is 51.1 Å². The summed E-state index contributed by atoms with van der Waals surface area (Å²) in [4.78, 5) is 14.6. The number of hydrogen-bond donors (Lipinski definition) is 0. The van der Waals surface area contributed by atoms with Crippen LogP contribution in [-0.2, 0) is 0 Å². The first kappa shape index (κ1) is 14.1. The van der Waals surface area contributed by atoms with E-state index < -0.39 is 0 Å². The van der Waals surface area contributed by atoms with Crippen LogP contribution in [0, 0.1) is 0 Å². The Kier molecular flexibility index (Phi) is 4.20. The van der Waals surface area contributed by atoms with Crippen LogP contribution in [0.2, 0.25) is 5.28 Å². The number of rotatable bonds is 4. The van der Waals surface area contributed by atoms with Crippen molar-refractivity contribution in [2.75, 3.05) is 24.6 Å². The summed E-state index contributed by atoms with van der Waals surface area (Å²) in [5.41, 5.74) is 1.35. The van der Waals surface area contributed by atoms with Crippen LogP contribution in [0.1, 0.15) is 24.8 Å². The van der Waals surface area contributed by atoms with Gasteiger partial charge in [0, 0.05) is 19.0 Å². The maximum absolute atomic E-state index is 5.95. The lowest BCUT2D eigenvalue weighted by Crippen LogP contribution is -2.22. The molecule has 110 valence electrons. The van der Waals surface area contributed by atoms with Gasteiger partial charge in [0.25, 0.3) is 0 Å². The zero-order chi connectivity index (χ0) is 14.7. The van der Waals surface area contributed by atoms with Gasteiger partial charge in [0.05, 0.1) is 6.61 Å². The number of benzene rings is 1. The maximum atomic E-state index is 5.95. The molecular weight excluding hydrogens is 288 g/mol. The fourth-order valence-electron chi connectivity index (χ4n) is 2.60. The predicted octanol–water partition coefficient (Wildman–Crippen LogP) is 2.92. The van der Waals surface area contributed by atoms with Crippen LogP contribution in [0.15, 0.2) is 30.3 Å². The van der Waals surface area contributed by atoms with Crippen molar-refractivity contribution in [3.05, 3.63) is 41.2 Å². The molecule has 3 rings (SSSR count). The van der Waals surface area contributed by atoms with Gasteiger partial charge in [-0.3, -0.25) is 0 Å². The second kappa shape index (κ2) is 6.26. The predicted molar refractivity (Wildman–Crippen MR) is 82.0 cm³/mol. The molecule has 1 saturated heterocycles. The van der Waals surface area contributed by atoms with Crippen molar-refractivity contribution in [1.82, 2.24) is 15.0 Å². The van der Waals surface area contributed by atoms with E-state index in [9.17, 15) is 0 Å². The summed E-state index contributed by atoms with van der Waals surface area (Å²) in [6.07, 6.45) is 1.08. The monoisotopic (exact) mass is 304 g/mol. The minimum atomic E-state index is 0.173. The quantitative estimate of drug-likeness (QED) is 0.869. The standard InChI is InChI=1S/C15H17ClN4O/c1-2-21-15-18-13(16)17-14(19-15)20-9-8-12(10-20)11-6-4-3-5-7-11/h3-7,12H,2,8-10H2,1H3. The van der Waals surface area contributed by atoms with Gasteiger partial charge in [-0.1, -0.05) is 30.3 Å². The van der Waals surface area contributed by atoms with Gasteiger partial charge in [0.15, 0.2) is 0 Å². The highest BCUT2D eigenvalue weighted by atomic mass is 35.5. The highest BCUT2D eigenvalue weighted by Gasteiger charge is 2.26. The second-order valence-corrected chi connectivity index (χ2v) is 5.30. The summed E-state index contributed by atoms with van der Waals surface area (Å²) in [5, 5.41) is 0.173. The average Bonchev–Trinajstić information content (AvgIpc) is 2.98. The molecule has 0 N–H and O–H groups in total. The van der Waals surface area contributed by atoms with E-state index in [0.717, 1.165) is 19.5 Å². The van der Waals surface area contributed by atoms with E-state index >= 15 is 0 Å². The lowest BCUT2D eigenvalue weighted by atomic mass is 9.99. The number of anilines is 1. The van der Waals surface area contributed by atoms with Gasteiger partial charge in [0.1, 0.15) is 0 Å². The molecule has 0 bridgehead atoms.